The van der Waals surface area contributed by atoms with Crippen LogP contribution in [-0.4, -0.2) is 22.6 Å². The first-order chi connectivity index (χ1) is 15.4. The first-order valence-electron chi connectivity index (χ1n) is 13.9. The molecular formula is C30H49NO2. The average Bonchev–Trinajstić information content (AvgIpc) is 3.12. The van der Waals surface area contributed by atoms with Gasteiger partial charge in [0.2, 0.25) is 0 Å². The first kappa shape index (κ1) is 23.9. The van der Waals surface area contributed by atoms with Gasteiger partial charge in [0.1, 0.15) is 0 Å². The summed E-state index contributed by atoms with van der Waals surface area (Å²) in [6.07, 6.45) is 13.9. The average molecular weight is 456 g/mol. The number of aliphatic hydroxyl groups excluding tert-OH is 1. The number of fused-ring (bicyclic) bond motifs is 7. The van der Waals surface area contributed by atoms with Crippen molar-refractivity contribution in [3.05, 3.63) is 12.2 Å². The Bertz CT molecular complexity index is 848. The second kappa shape index (κ2) is 7.34. The van der Waals surface area contributed by atoms with Gasteiger partial charge in [0.15, 0.2) is 0 Å². The molecule has 0 heterocycles. The second-order valence-electron chi connectivity index (χ2n) is 14.5. The number of nitrogens with zero attached hydrogens (tertiary/aromatic N) is 1. The van der Waals surface area contributed by atoms with Crippen molar-refractivity contribution in [1.29, 1.82) is 0 Å². The number of oxime groups is 1. The van der Waals surface area contributed by atoms with Crippen molar-refractivity contribution < 1.29 is 10.3 Å². The van der Waals surface area contributed by atoms with Crippen LogP contribution in [0, 0.1) is 56.7 Å². The van der Waals surface area contributed by atoms with Crippen LogP contribution < -0.4 is 0 Å². The fraction of sp³-hybridized carbons (Fsp3) is 0.900. The Hall–Kier alpha value is -0.830. The van der Waals surface area contributed by atoms with Crippen molar-refractivity contribution in [2.75, 3.05) is 0 Å². The maximum absolute atomic E-state index is 10.9. The maximum atomic E-state index is 10.9. The molecule has 0 saturated heterocycles. The topological polar surface area (TPSA) is 52.8 Å². The van der Waals surface area contributed by atoms with Crippen LogP contribution in [0.1, 0.15) is 106 Å². The Balaban J connectivity index is 1.56. The summed E-state index contributed by atoms with van der Waals surface area (Å²) in [4.78, 5) is 0. The third kappa shape index (κ3) is 2.87. The molecule has 0 bridgehead atoms. The minimum absolute atomic E-state index is 0.0158. The van der Waals surface area contributed by atoms with Crippen LogP contribution in [0.3, 0.4) is 0 Å². The molecule has 5 rings (SSSR count). The second-order valence-corrected chi connectivity index (χ2v) is 14.5. The molecular weight excluding hydrogens is 406 g/mol. The standard InChI is InChI=1S/C30H49NO2/c1-19(2)20-10-15-30(18-31-33)17-16-28(6)21(25(20)30)8-9-23-27(5)13-12-24(32)26(3,4)22(27)11-14-29(23,28)7/h18,20-25,32-33H,1,8-17H2,2-7H3/b31-18+/t20-,21-,22-,23+,24-,25-,27-,28+,29+,30+/m0/s1. The van der Waals surface area contributed by atoms with Crippen molar-refractivity contribution in [3.8, 4) is 0 Å². The van der Waals surface area contributed by atoms with Gasteiger partial charge in [-0.3, -0.25) is 0 Å². The van der Waals surface area contributed by atoms with Crippen molar-refractivity contribution in [3.63, 3.8) is 0 Å². The van der Waals surface area contributed by atoms with Gasteiger partial charge in [-0.15, -0.1) is 5.16 Å². The fourth-order valence-electron chi connectivity index (χ4n) is 11.5. The zero-order chi connectivity index (χ0) is 24.0. The lowest BCUT2D eigenvalue weighted by Crippen LogP contribution is -2.66. The van der Waals surface area contributed by atoms with Crippen molar-refractivity contribution in [1.82, 2.24) is 0 Å². The van der Waals surface area contributed by atoms with Gasteiger partial charge in [-0.1, -0.05) is 46.8 Å². The van der Waals surface area contributed by atoms with Gasteiger partial charge in [0.25, 0.3) is 0 Å². The zero-order valence-electron chi connectivity index (χ0n) is 22.2. The van der Waals surface area contributed by atoms with Gasteiger partial charge in [-0.2, -0.15) is 0 Å². The number of hydrogen-bond donors (Lipinski definition) is 2. The van der Waals surface area contributed by atoms with Gasteiger partial charge in [0, 0.05) is 5.41 Å². The third-order valence-corrected chi connectivity index (χ3v) is 13.4. The molecule has 0 radical (unpaired) electrons. The molecule has 0 aliphatic heterocycles. The Morgan fingerprint density at radius 3 is 2.24 bits per heavy atom. The largest absolute Gasteiger partial charge is 0.411 e. The van der Waals surface area contributed by atoms with Gasteiger partial charge >= 0.3 is 0 Å². The normalized spacial score (nSPS) is 55.4. The van der Waals surface area contributed by atoms with E-state index >= 15 is 0 Å². The van der Waals surface area contributed by atoms with Gasteiger partial charge in [0.05, 0.1) is 12.3 Å². The van der Waals surface area contributed by atoms with Gasteiger partial charge in [-0.05, 0) is 122 Å². The number of hydrogen-bond acceptors (Lipinski definition) is 3. The van der Waals surface area contributed by atoms with Crippen molar-refractivity contribution in [2.24, 2.45) is 61.8 Å². The number of aliphatic hydroxyl groups is 1. The van der Waals surface area contributed by atoms with Crippen LogP contribution in [0.25, 0.3) is 0 Å². The minimum atomic E-state index is -0.158. The Labute approximate surface area is 202 Å². The lowest BCUT2D eigenvalue weighted by Gasteiger charge is -2.72. The fourth-order valence-corrected chi connectivity index (χ4v) is 11.5. The van der Waals surface area contributed by atoms with Crippen LogP contribution in [0.4, 0.5) is 0 Å². The molecule has 2 N–H and O–H groups in total. The Morgan fingerprint density at radius 2 is 1.58 bits per heavy atom. The van der Waals surface area contributed by atoms with Crippen LogP contribution in [0.5, 0.6) is 0 Å². The van der Waals surface area contributed by atoms with Gasteiger partial charge in [-0.25, -0.2) is 0 Å². The predicted molar refractivity (Wildman–Crippen MR) is 135 cm³/mol. The molecule has 0 aromatic heterocycles. The Morgan fingerprint density at radius 1 is 0.848 bits per heavy atom. The molecule has 0 amide bonds. The quantitative estimate of drug-likeness (QED) is 0.196. The summed E-state index contributed by atoms with van der Waals surface area (Å²) in [7, 11) is 0. The highest BCUT2D eigenvalue weighted by Gasteiger charge is 2.70. The lowest BCUT2D eigenvalue weighted by molar-refractivity contribution is -0.243. The van der Waals surface area contributed by atoms with E-state index in [0.717, 1.165) is 25.2 Å². The van der Waals surface area contributed by atoms with Crippen LogP contribution in [-0.2, 0) is 0 Å². The smallest absolute Gasteiger partial charge is 0.0594 e. The van der Waals surface area contributed by atoms with Gasteiger partial charge < -0.3 is 10.3 Å². The van der Waals surface area contributed by atoms with Crippen molar-refractivity contribution in [2.45, 2.75) is 112 Å². The van der Waals surface area contributed by atoms with Crippen LogP contribution >= 0.6 is 0 Å². The monoisotopic (exact) mass is 455 g/mol. The van der Waals surface area contributed by atoms with E-state index < -0.39 is 0 Å². The highest BCUT2D eigenvalue weighted by atomic mass is 16.4. The third-order valence-electron chi connectivity index (χ3n) is 13.4. The van der Waals surface area contributed by atoms with E-state index in [2.05, 4.69) is 53.3 Å². The lowest BCUT2D eigenvalue weighted by atomic mass is 9.32. The van der Waals surface area contributed by atoms with E-state index in [0.29, 0.717) is 39.9 Å². The molecule has 3 nitrogen and oxygen atoms in total. The summed E-state index contributed by atoms with van der Waals surface area (Å²) >= 11 is 0. The molecule has 0 aromatic rings. The van der Waals surface area contributed by atoms with E-state index in [1.807, 2.05) is 6.21 Å². The number of allylic oxidation sites excluding steroid dienone is 1. The van der Waals surface area contributed by atoms with E-state index in [1.165, 1.54) is 50.5 Å². The Kier molecular flexibility index (Phi) is 5.31. The van der Waals surface area contributed by atoms with Crippen LogP contribution in [0.2, 0.25) is 0 Å². The maximum Gasteiger partial charge on any atom is 0.0594 e. The summed E-state index contributed by atoms with van der Waals surface area (Å²) in [6, 6.07) is 0. The van der Waals surface area contributed by atoms with E-state index in [1.54, 1.807) is 0 Å². The molecule has 0 aromatic carbocycles. The molecule has 5 aliphatic rings. The summed E-state index contributed by atoms with van der Waals surface area (Å²) in [5.74, 6) is 3.16. The molecule has 5 aliphatic carbocycles. The molecule has 5 fully saturated rings. The summed E-state index contributed by atoms with van der Waals surface area (Å²) < 4.78 is 0. The highest BCUT2D eigenvalue weighted by Crippen LogP contribution is 2.77. The molecule has 0 spiro atoms. The molecule has 33 heavy (non-hydrogen) atoms. The molecule has 3 heteroatoms. The van der Waals surface area contributed by atoms with E-state index in [-0.39, 0.29) is 16.9 Å². The van der Waals surface area contributed by atoms with Crippen molar-refractivity contribution >= 4 is 6.21 Å². The molecule has 0 unspecified atom stereocenters. The summed E-state index contributed by atoms with van der Waals surface area (Å²) in [5, 5.41) is 24.2. The SMILES string of the molecule is C=C(C)[C@@H]1CC[C@]2(/C=N/O)CC[C@]3(C)[C@@H](CC[C@@H]4[C@@]5(C)CC[C@H](O)C(C)(C)[C@@H]5CC[C@]43C)[C@H]12. The summed E-state index contributed by atoms with van der Waals surface area (Å²) in [5.41, 5.74) is 2.40. The zero-order valence-corrected chi connectivity index (χ0v) is 22.2. The summed E-state index contributed by atoms with van der Waals surface area (Å²) in [6.45, 7) is 19.3. The first-order valence-corrected chi connectivity index (χ1v) is 13.9. The van der Waals surface area contributed by atoms with E-state index in [4.69, 9.17) is 0 Å². The molecule has 186 valence electrons. The predicted octanol–water partition coefficient (Wildman–Crippen LogP) is 7.46. The number of rotatable bonds is 2. The van der Waals surface area contributed by atoms with Crippen LogP contribution in [0.15, 0.2) is 17.3 Å². The molecule has 10 atom stereocenters. The molecule has 5 saturated carbocycles. The van der Waals surface area contributed by atoms with E-state index in [9.17, 15) is 10.3 Å². The highest BCUT2D eigenvalue weighted by molar-refractivity contribution is 5.67. The minimum Gasteiger partial charge on any atom is -0.411 e.